The van der Waals surface area contributed by atoms with E-state index in [1.165, 1.54) is 12.8 Å². The van der Waals surface area contributed by atoms with Crippen LogP contribution in [0.3, 0.4) is 0 Å². The second-order valence-electron chi connectivity index (χ2n) is 7.53. The predicted octanol–water partition coefficient (Wildman–Crippen LogP) is 3.07. The normalized spacial score (nSPS) is 27.0. The Bertz CT molecular complexity index is 642. The van der Waals surface area contributed by atoms with E-state index in [2.05, 4.69) is 11.4 Å². The molecule has 1 amide bonds. The SMILES string of the molecule is CN(C(=O)CCSc1ccc2c(c1)OCCCO2)C1CC2CCC(C1)N2. The van der Waals surface area contributed by atoms with Gasteiger partial charge in [-0.1, -0.05) is 0 Å². The molecule has 1 aromatic rings. The van der Waals surface area contributed by atoms with Gasteiger partial charge in [0.15, 0.2) is 11.5 Å². The molecule has 2 fully saturated rings. The van der Waals surface area contributed by atoms with E-state index in [1.807, 2.05) is 24.1 Å². The van der Waals surface area contributed by atoms with Crippen LogP contribution in [0.1, 0.15) is 38.5 Å². The fraction of sp³-hybridized carbons (Fsp3) is 0.650. The molecule has 0 spiro atoms. The summed E-state index contributed by atoms with van der Waals surface area (Å²) in [5.41, 5.74) is 0. The maximum atomic E-state index is 12.6. The number of hydrogen-bond acceptors (Lipinski definition) is 5. The number of carbonyl (C=O) groups excluding carboxylic acids is 1. The molecule has 2 atom stereocenters. The Balaban J connectivity index is 1.26. The lowest BCUT2D eigenvalue weighted by Gasteiger charge is -2.35. The zero-order valence-corrected chi connectivity index (χ0v) is 16.2. The molecule has 3 aliphatic heterocycles. The highest BCUT2D eigenvalue weighted by atomic mass is 32.2. The number of amides is 1. The molecule has 0 radical (unpaired) electrons. The van der Waals surface area contributed by atoms with Gasteiger partial charge in [0.1, 0.15) is 0 Å². The van der Waals surface area contributed by atoms with Gasteiger partial charge in [-0.2, -0.15) is 0 Å². The van der Waals surface area contributed by atoms with Gasteiger partial charge < -0.3 is 19.7 Å². The van der Waals surface area contributed by atoms with Crippen LogP contribution in [-0.4, -0.2) is 54.9 Å². The molecular formula is C20H28N2O3S. The molecule has 4 rings (SSSR count). The lowest BCUT2D eigenvalue weighted by molar-refractivity contribution is -0.132. The van der Waals surface area contributed by atoms with Crippen LogP contribution in [0.15, 0.2) is 23.1 Å². The first-order valence-corrected chi connectivity index (χ1v) is 10.7. The lowest BCUT2D eigenvalue weighted by atomic mass is 9.98. The minimum Gasteiger partial charge on any atom is -0.490 e. The molecule has 1 aromatic carbocycles. The number of thioether (sulfide) groups is 1. The monoisotopic (exact) mass is 376 g/mol. The second-order valence-corrected chi connectivity index (χ2v) is 8.69. The Morgan fingerprint density at radius 1 is 1.19 bits per heavy atom. The third-order valence-electron chi connectivity index (χ3n) is 5.69. The Labute approximate surface area is 159 Å². The van der Waals surface area contributed by atoms with Gasteiger partial charge in [0.25, 0.3) is 0 Å². The number of benzene rings is 1. The minimum atomic E-state index is 0.262. The minimum absolute atomic E-state index is 0.262. The van der Waals surface area contributed by atoms with Crippen LogP contribution in [0.5, 0.6) is 11.5 Å². The fourth-order valence-corrected chi connectivity index (χ4v) is 5.08. The lowest BCUT2D eigenvalue weighted by Crippen LogP contribution is -2.48. The Morgan fingerprint density at radius 3 is 2.69 bits per heavy atom. The summed E-state index contributed by atoms with van der Waals surface area (Å²) in [5.74, 6) is 2.70. The predicted molar refractivity (Wildman–Crippen MR) is 103 cm³/mol. The summed E-state index contributed by atoms with van der Waals surface area (Å²) in [4.78, 5) is 15.7. The van der Waals surface area contributed by atoms with Gasteiger partial charge in [-0.05, 0) is 43.9 Å². The summed E-state index contributed by atoms with van der Waals surface area (Å²) in [6, 6.07) is 7.70. The molecule has 1 N–H and O–H groups in total. The van der Waals surface area contributed by atoms with Crippen molar-refractivity contribution < 1.29 is 14.3 Å². The van der Waals surface area contributed by atoms with Gasteiger partial charge in [-0.3, -0.25) is 4.79 Å². The molecule has 6 heteroatoms. The summed E-state index contributed by atoms with van der Waals surface area (Å²) in [6.45, 7) is 1.40. The topological polar surface area (TPSA) is 50.8 Å². The fourth-order valence-electron chi connectivity index (χ4n) is 4.21. The van der Waals surface area contributed by atoms with Crippen LogP contribution in [0.2, 0.25) is 0 Å². The molecule has 2 saturated heterocycles. The number of carbonyl (C=O) groups is 1. The van der Waals surface area contributed by atoms with Crippen LogP contribution in [0.25, 0.3) is 0 Å². The van der Waals surface area contributed by atoms with Crippen LogP contribution in [0.4, 0.5) is 0 Å². The maximum Gasteiger partial charge on any atom is 0.223 e. The number of ether oxygens (including phenoxy) is 2. The van der Waals surface area contributed by atoms with Gasteiger partial charge in [-0.15, -0.1) is 11.8 Å². The van der Waals surface area contributed by atoms with E-state index >= 15 is 0 Å². The molecular weight excluding hydrogens is 348 g/mol. The number of fused-ring (bicyclic) bond motifs is 3. The Hall–Kier alpha value is -1.40. The molecule has 3 heterocycles. The number of piperidine rings is 1. The average molecular weight is 377 g/mol. The van der Waals surface area contributed by atoms with Crippen molar-refractivity contribution >= 4 is 17.7 Å². The smallest absolute Gasteiger partial charge is 0.223 e. The van der Waals surface area contributed by atoms with Crippen molar-refractivity contribution in [3.8, 4) is 11.5 Å². The third-order valence-corrected chi connectivity index (χ3v) is 6.69. The maximum absolute atomic E-state index is 12.6. The Morgan fingerprint density at radius 2 is 1.92 bits per heavy atom. The van der Waals surface area contributed by atoms with Crippen molar-refractivity contribution in [2.45, 2.75) is 61.5 Å². The molecule has 0 aliphatic carbocycles. The summed E-state index contributed by atoms with van der Waals surface area (Å²) >= 11 is 1.71. The van der Waals surface area contributed by atoms with E-state index in [4.69, 9.17) is 9.47 Å². The van der Waals surface area contributed by atoms with Crippen LogP contribution in [0, 0.1) is 0 Å². The van der Waals surface area contributed by atoms with Gasteiger partial charge in [0.2, 0.25) is 5.91 Å². The van der Waals surface area contributed by atoms with Crippen molar-refractivity contribution in [1.29, 1.82) is 0 Å². The Kier molecular flexibility index (Phi) is 5.60. The van der Waals surface area contributed by atoms with E-state index in [0.29, 0.717) is 37.8 Å². The standard InChI is InChI=1S/C20H28N2O3S/c1-22(16-11-14-3-4-15(12-16)21-14)20(23)7-10-26-17-5-6-18-19(13-17)25-9-2-8-24-18/h5-6,13-16,21H,2-4,7-12H2,1H3. The molecule has 3 aliphatic rings. The van der Waals surface area contributed by atoms with E-state index in [1.54, 1.807) is 11.8 Å². The van der Waals surface area contributed by atoms with Crippen LogP contribution in [-0.2, 0) is 4.79 Å². The van der Waals surface area contributed by atoms with Crippen molar-refractivity contribution in [2.75, 3.05) is 26.0 Å². The van der Waals surface area contributed by atoms with Gasteiger partial charge in [0, 0.05) is 48.7 Å². The molecule has 2 bridgehead atoms. The van der Waals surface area contributed by atoms with Gasteiger partial charge in [-0.25, -0.2) is 0 Å². The molecule has 142 valence electrons. The quantitative estimate of drug-likeness (QED) is 0.801. The number of nitrogens with zero attached hydrogens (tertiary/aromatic N) is 1. The summed E-state index contributed by atoms with van der Waals surface area (Å²) in [6.07, 6.45) is 6.24. The first-order valence-electron chi connectivity index (χ1n) is 9.73. The largest absolute Gasteiger partial charge is 0.490 e. The summed E-state index contributed by atoms with van der Waals surface area (Å²) < 4.78 is 11.4. The third kappa shape index (κ3) is 4.12. The zero-order valence-electron chi connectivity index (χ0n) is 15.4. The summed E-state index contributed by atoms with van der Waals surface area (Å²) in [5, 5.41) is 3.64. The second kappa shape index (κ2) is 8.09. The molecule has 0 saturated carbocycles. The number of rotatable bonds is 5. The number of hydrogen-bond donors (Lipinski definition) is 1. The first kappa shape index (κ1) is 18.0. The first-order chi connectivity index (χ1) is 12.7. The molecule has 0 aromatic heterocycles. The van der Waals surface area contributed by atoms with Gasteiger partial charge >= 0.3 is 0 Å². The van der Waals surface area contributed by atoms with Crippen molar-refractivity contribution in [2.24, 2.45) is 0 Å². The number of nitrogens with one attached hydrogen (secondary N) is 1. The highest BCUT2D eigenvalue weighted by Crippen LogP contribution is 2.34. The molecule has 26 heavy (non-hydrogen) atoms. The molecule has 2 unspecified atom stereocenters. The van der Waals surface area contributed by atoms with E-state index in [0.717, 1.165) is 41.4 Å². The van der Waals surface area contributed by atoms with Crippen molar-refractivity contribution in [3.05, 3.63) is 18.2 Å². The zero-order chi connectivity index (χ0) is 17.9. The van der Waals surface area contributed by atoms with Gasteiger partial charge in [0.05, 0.1) is 13.2 Å². The van der Waals surface area contributed by atoms with Crippen molar-refractivity contribution in [1.82, 2.24) is 10.2 Å². The average Bonchev–Trinajstić information content (AvgIpc) is 2.85. The van der Waals surface area contributed by atoms with E-state index < -0.39 is 0 Å². The summed E-state index contributed by atoms with van der Waals surface area (Å²) in [7, 11) is 1.98. The molecule has 5 nitrogen and oxygen atoms in total. The highest BCUT2D eigenvalue weighted by Gasteiger charge is 2.36. The van der Waals surface area contributed by atoms with Crippen molar-refractivity contribution in [3.63, 3.8) is 0 Å². The van der Waals surface area contributed by atoms with E-state index in [-0.39, 0.29) is 5.91 Å². The van der Waals surface area contributed by atoms with Crippen LogP contribution < -0.4 is 14.8 Å². The highest BCUT2D eigenvalue weighted by molar-refractivity contribution is 7.99. The van der Waals surface area contributed by atoms with E-state index in [9.17, 15) is 4.79 Å². The van der Waals surface area contributed by atoms with Crippen LogP contribution >= 0.6 is 11.8 Å².